The Morgan fingerprint density at radius 1 is 1.33 bits per heavy atom. The molecule has 0 radical (unpaired) electrons. The molecule has 1 aromatic rings. The first kappa shape index (κ1) is 10.1. The Balaban J connectivity index is 2.23. The van der Waals surface area contributed by atoms with Crippen LogP contribution < -0.4 is 10.6 Å². The molecule has 1 aliphatic heterocycles. The number of aryl methyl sites for hydroxylation is 1. The summed E-state index contributed by atoms with van der Waals surface area (Å²) >= 11 is 0. The number of nitrogens with zero attached hydrogens (tertiary/aromatic N) is 3. The van der Waals surface area contributed by atoms with E-state index < -0.39 is 12.2 Å². The van der Waals surface area contributed by atoms with Gasteiger partial charge in [0.05, 0.1) is 12.2 Å². The van der Waals surface area contributed by atoms with E-state index in [2.05, 4.69) is 9.97 Å². The lowest BCUT2D eigenvalue weighted by atomic mass is 10.3. The van der Waals surface area contributed by atoms with Crippen LogP contribution in [0.2, 0.25) is 0 Å². The van der Waals surface area contributed by atoms with Gasteiger partial charge >= 0.3 is 0 Å². The smallest absolute Gasteiger partial charge is 0.134 e. The number of rotatable bonds is 1. The van der Waals surface area contributed by atoms with Crippen LogP contribution in [0.3, 0.4) is 0 Å². The fourth-order valence-corrected chi connectivity index (χ4v) is 1.69. The van der Waals surface area contributed by atoms with E-state index >= 15 is 0 Å². The largest absolute Gasteiger partial charge is 0.389 e. The van der Waals surface area contributed by atoms with Gasteiger partial charge in [-0.2, -0.15) is 0 Å². The average Bonchev–Trinajstić information content (AvgIpc) is 2.45. The normalized spacial score (nSPS) is 25.9. The second-order valence-electron chi connectivity index (χ2n) is 3.74. The predicted octanol–water partition coefficient (Wildman–Crippen LogP) is -1.09. The van der Waals surface area contributed by atoms with Gasteiger partial charge in [0.25, 0.3) is 0 Å². The van der Waals surface area contributed by atoms with Crippen molar-refractivity contribution in [3.63, 3.8) is 0 Å². The third-order valence-corrected chi connectivity index (χ3v) is 2.43. The Hall–Kier alpha value is -1.40. The molecule has 2 unspecified atom stereocenters. The zero-order valence-electron chi connectivity index (χ0n) is 8.46. The number of nitrogens with two attached hydrogens (primary N) is 1. The van der Waals surface area contributed by atoms with Crippen molar-refractivity contribution >= 4 is 11.6 Å². The topological polar surface area (TPSA) is 95.5 Å². The van der Waals surface area contributed by atoms with Gasteiger partial charge in [-0.25, -0.2) is 9.97 Å². The van der Waals surface area contributed by atoms with Crippen molar-refractivity contribution in [1.29, 1.82) is 0 Å². The summed E-state index contributed by atoms with van der Waals surface area (Å²) < 4.78 is 0. The molecular weight excluding hydrogens is 196 g/mol. The summed E-state index contributed by atoms with van der Waals surface area (Å²) in [6, 6.07) is 1.64. The van der Waals surface area contributed by atoms with Crippen LogP contribution in [0.15, 0.2) is 6.07 Å². The monoisotopic (exact) mass is 210 g/mol. The Bertz CT molecular complexity index is 341. The molecule has 6 nitrogen and oxygen atoms in total. The van der Waals surface area contributed by atoms with Gasteiger partial charge in [-0.05, 0) is 6.92 Å². The minimum Gasteiger partial charge on any atom is -0.389 e. The van der Waals surface area contributed by atoms with Crippen LogP contribution in [0.1, 0.15) is 5.82 Å². The predicted molar refractivity (Wildman–Crippen MR) is 55.4 cm³/mol. The van der Waals surface area contributed by atoms with Crippen LogP contribution >= 0.6 is 0 Å². The summed E-state index contributed by atoms with van der Waals surface area (Å²) in [6.45, 7) is 2.50. The van der Waals surface area contributed by atoms with Gasteiger partial charge in [-0.3, -0.25) is 0 Å². The molecule has 2 rings (SSSR count). The molecule has 4 N–H and O–H groups in total. The van der Waals surface area contributed by atoms with E-state index in [1.807, 2.05) is 0 Å². The lowest BCUT2D eigenvalue weighted by Crippen LogP contribution is -2.22. The quantitative estimate of drug-likeness (QED) is 0.545. The fourth-order valence-electron chi connectivity index (χ4n) is 1.69. The molecule has 1 aliphatic rings. The molecule has 6 heteroatoms. The first-order valence-corrected chi connectivity index (χ1v) is 4.78. The van der Waals surface area contributed by atoms with Crippen molar-refractivity contribution < 1.29 is 10.2 Å². The average molecular weight is 210 g/mol. The number of nitrogen functional groups attached to an aromatic ring is 1. The molecule has 0 amide bonds. The highest BCUT2D eigenvalue weighted by atomic mass is 16.3. The van der Waals surface area contributed by atoms with Crippen molar-refractivity contribution in [2.75, 3.05) is 23.7 Å². The van der Waals surface area contributed by atoms with Crippen LogP contribution in [0, 0.1) is 6.92 Å². The number of hydrogen-bond donors (Lipinski definition) is 3. The first-order valence-electron chi connectivity index (χ1n) is 4.78. The van der Waals surface area contributed by atoms with Gasteiger partial charge in [-0.1, -0.05) is 0 Å². The standard InChI is InChI=1S/C9H14N4O2/c1-5-11-8(10)2-9(12-5)13-3-6(14)7(15)4-13/h2,6-7,14-15H,3-4H2,1H3,(H2,10,11,12). The lowest BCUT2D eigenvalue weighted by Gasteiger charge is -2.16. The summed E-state index contributed by atoms with van der Waals surface area (Å²) in [7, 11) is 0. The van der Waals surface area contributed by atoms with Crippen LogP contribution in [-0.4, -0.2) is 45.5 Å². The van der Waals surface area contributed by atoms with Gasteiger partial charge in [0.15, 0.2) is 0 Å². The minimum atomic E-state index is -0.721. The highest BCUT2D eigenvalue weighted by Crippen LogP contribution is 2.19. The molecule has 1 fully saturated rings. The van der Waals surface area contributed by atoms with Crippen molar-refractivity contribution in [2.45, 2.75) is 19.1 Å². The van der Waals surface area contributed by atoms with E-state index in [1.165, 1.54) is 0 Å². The van der Waals surface area contributed by atoms with E-state index in [0.29, 0.717) is 30.5 Å². The molecular formula is C9H14N4O2. The molecule has 1 saturated heterocycles. The van der Waals surface area contributed by atoms with Crippen LogP contribution in [0.5, 0.6) is 0 Å². The fraction of sp³-hybridized carbons (Fsp3) is 0.556. The molecule has 82 valence electrons. The second kappa shape index (κ2) is 3.63. The van der Waals surface area contributed by atoms with Crippen molar-refractivity contribution in [2.24, 2.45) is 0 Å². The molecule has 0 saturated carbocycles. The summed E-state index contributed by atoms with van der Waals surface area (Å²) in [5, 5.41) is 18.8. The van der Waals surface area contributed by atoms with Crippen LogP contribution in [0.25, 0.3) is 0 Å². The minimum absolute atomic E-state index is 0.372. The van der Waals surface area contributed by atoms with E-state index in [1.54, 1.807) is 17.9 Å². The third kappa shape index (κ3) is 2.00. The molecule has 1 aromatic heterocycles. The van der Waals surface area contributed by atoms with E-state index in [0.717, 1.165) is 0 Å². The number of hydrogen-bond acceptors (Lipinski definition) is 6. The number of anilines is 2. The maximum Gasteiger partial charge on any atom is 0.134 e. The Morgan fingerprint density at radius 2 is 1.93 bits per heavy atom. The van der Waals surface area contributed by atoms with E-state index in [9.17, 15) is 10.2 Å². The zero-order valence-corrected chi connectivity index (χ0v) is 8.46. The zero-order chi connectivity index (χ0) is 11.0. The molecule has 0 spiro atoms. The number of aromatic nitrogens is 2. The van der Waals surface area contributed by atoms with E-state index in [4.69, 9.17) is 5.73 Å². The Labute approximate surface area is 87.4 Å². The summed E-state index contributed by atoms with van der Waals surface area (Å²) in [6.07, 6.45) is -1.44. The molecule has 15 heavy (non-hydrogen) atoms. The molecule has 0 aliphatic carbocycles. The third-order valence-electron chi connectivity index (χ3n) is 2.43. The van der Waals surface area contributed by atoms with Crippen molar-refractivity contribution in [3.05, 3.63) is 11.9 Å². The summed E-state index contributed by atoms with van der Waals surface area (Å²) in [5.74, 6) is 1.63. The summed E-state index contributed by atoms with van der Waals surface area (Å²) in [4.78, 5) is 9.95. The first-order chi connectivity index (χ1) is 7.06. The Morgan fingerprint density at radius 3 is 2.47 bits per heavy atom. The van der Waals surface area contributed by atoms with Gasteiger partial charge in [0, 0.05) is 19.2 Å². The maximum absolute atomic E-state index is 9.40. The van der Waals surface area contributed by atoms with E-state index in [-0.39, 0.29) is 0 Å². The van der Waals surface area contributed by atoms with Crippen molar-refractivity contribution in [3.8, 4) is 0 Å². The molecule has 0 aromatic carbocycles. The van der Waals surface area contributed by atoms with Gasteiger partial charge in [-0.15, -0.1) is 0 Å². The SMILES string of the molecule is Cc1nc(N)cc(N2CC(O)C(O)C2)n1. The summed E-state index contributed by atoms with van der Waals surface area (Å²) in [5.41, 5.74) is 5.59. The number of aliphatic hydroxyl groups is 2. The van der Waals surface area contributed by atoms with Gasteiger partial charge in [0.1, 0.15) is 17.5 Å². The Kier molecular flexibility index (Phi) is 2.45. The second-order valence-corrected chi connectivity index (χ2v) is 3.74. The van der Waals surface area contributed by atoms with Gasteiger partial charge in [0.2, 0.25) is 0 Å². The van der Waals surface area contributed by atoms with Crippen molar-refractivity contribution in [1.82, 2.24) is 9.97 Å². The lowest BCUT2D eigenvalue weighted by molar-refractivity contribution is 0.0572. The van der Waals surface area contributed by atoms with Crippen LogP contribution in [-0.2, 0) is 0 Å². The molecule has 0 bridgehead atoms. The highest BCUT2D eigenvalue weighted by molar-refractivity contribution is 5.48. The molecule has 2 heterocycles. The number of aliphatic hydroxyl groups excluding tert-OH is 2. The number of β-amino-alcohol motifs (C(OH)–C–C–N with tert-alkyl or cyclic N) is 2. The van der Waals surface area contributed by atoms with Crippen LogP contribution in [0.4, 0.5) is 11.6 Å². The highest BCUT2D eigenvalue weighted by Gasteiger charge is 2.30. The maximum atomic E-state index is 9.40. The van der Waals surface area contributed by atoms with Gasteiger partial charge < -0.3 is 20.8 Å². The molecule has 2 atom stereocenters.